The number of hydrogen-bond acceptors (Lipinski definition) is 3. The Morgan fingerprint density at radius 1 is 1.33 bits per heavy atom. The molecule has 0 unspecified atom stereocenters. The largest absolute Gasteiger partial charge is 0.407 e. The second-order valence-electron chi connectivity index (χ2n) is 3.14. The molecule has 1 atom stereocenters. The van der Waals surface area contributed by atoms with Crippen molar-refractivity contribution in [1.82, 2.24) is 0 Å². The summed E-state index contributed by atoms with van der Waals surface area (Å²) in [6.45, 7) is -0.524. The van der Waals surface area contributed by atoms with Gasteiger partial charge in [0.1, 0.15) is 6.04 Å². The van der Waals surface area contributed by atoms with E-state index in [4.69, 9.17) is 16.6 Å². The minimum atomic E-state index is -4.53. The van der Waals surface area contributed by atoms with Crippen LogP contribution in [0.1, 0.15) is 17.2 Å². The number of hydrogen-bond donors (Lipinski definition) is 3. The molecule has 1 aromatic rings. The van der Waals surface area contributed by atoms with Crippen molar-refractivity contribution in [2.45, 2.75) is 18.8 Å². The minimum absolute atomic E-state index is 0.0971. The molecule has 0 bridgehead atoms. The molecule has 0 aromatic heterocycles. The van der Waals surface area contributed by atoms with Crippen LogP contribution in [0.25, 0.3) is 0 Å². The highest BCUT2D eigenvalue weighted by Crippen LogP contribution is 2.32. The summed E-state index contributed by atoms with van der Waals surface area (Å²) in [7, 11) is 0. The Morgan fingerprint density at radius 2 is 1.93 bits per heavy atom. The summed E-state index contributed by atoms with van der Waals surface area (Å²) >= 11 is 0. The van der Waals surface area contributed by atoms with Gasteiger partial charge >= 0.3 is 6.18 Å². The molecule has 0 saturated carbocycles. The normalized spacial score (nSPS) is 13.9. The predicted molar refractivity (Wildman–Crippen MR) is 49.8 cm³/mol. The molecule has 0 radical (unpaired) electrons. The van der Waals surface area contributed by atoms with Crippen molar-refractivity contribution in [3.63, 3.8) is 0 Å². The van der Waals surface area contributed by atoms with Crippen molar-refractivity contribution >= 4 is 5.69 Å². The van der Waals surface area contributed by atoms with Gasteiger partial charge in [-0.05, 0) is 23.3 Å². The third kappa shape index (κ3) is 2.60. The van der Waals surface area contributed by atoms with Crippen molar-refractivity contribution in [3.8, 4) is 0 Å². The molecule has 5 N–H and O–H groups in total. The van der Waals surface area contributed by atoms with Crippen LogP contribution < -0.4 is 11.5 Å². The Balaban J connectivity index is 3.14. The van der Waals surface area contributed by atoms with E-state index < -0.39 is 18.8 Å². The monoisotopic (exact) mass is 220 g/mol. The molecule has 15 heavy (non-hydrogen) atoms. The summed E-state index contributed by atoms with van der Waals surface area (Å²) in [6, 6.07) is 1.68. The molecule has 3 nitrogen and oxygen atoms in total. The zero-order valence-corrected chi connectivity index (χ0v) is 7.75. The molecule has 0 fully saturated rings. The summed E-state index contributed by atoms with van der Waals surface area (Å²) in [5.74, 6) is 0. The highest BCUT2D eigenvalue weighted by molar-refractivity contribution is 5.45. The van der Waals surface area contributed by atoms with Gasteiger partial charge < -0.3 is 16.6 Å². The first-order valence-electron chi connectivity index (χ1n) is 4.17. The van der Waals surface area contributed by atoms with Crippen LogP contribution >= 0.6 is 0 Å². The van der Waals surface area contributed by atoms with E-state index in [1.807, 2.05) is 0 Å². The summed E-state index contributed by atoms with van der Waals surface area (Å²) < 4.78 is 36.9. The molecule has 0 amide bonds. The number of aliphatic hydroxyl groups is 1. The number of alkyl halides is 3. The van der Waals surface area contributed by atoms with Gasteiger partial charge in [0, 0.05) is 5.69 Å². The molecule has 0 saturated heterocycles. The highest BCUT2D eigenvalue weighted by Gasteiger charge is 2.38. The van der Waals surface area contributed by atoms with Crippen molar-refractivity contribution in [3.05, 3.63) is 29.3 Å². The van der Waals surface area contributed by atoms with Crippen molar-refractivity contribution in [2.75, 3.05) is 5.73 Å². The average molecular weight is 220 g/mol. The first-order valence-corrected chi connectivity index (χ1v) is 4.17. The summed E-state index contributed by atoms with van der Waals surface area (Å²) in [6.07, 6.45) is -4.53. The van der Waals surface area contributed by atoms with Gasteiger partial charge in [-0.3, -0.25) is 0 Å². The van der Waals surface area contributed by atoms with E-state index in [-0.39, 0.29) is 16.8 Å². The van der Waals surface area contributed by atoms with Gasteiger partial charge in [-0.1, -0.05) is 6.07 Å². The molecule has 1 aromatic carbocycles. The van der Waals surface area contributed by atoms with E-state index in [0.717, 1.165) is 0 Å². The van der Waals surface area contributed by atoms with Gasteiger partial charge in [-0.15, -0.1) is 0 Å². The molecule has 0 aliphatic heterocycles. The van der Waals surface area contributed by atoms with Crippen LogP contribution in [-0.4, -0.2) is 11.3 Å². The minimum Gasteiger partial charge on any atom is -0.399 e. The lowest BCUT2D eigenvalue weighted by Gasteiger charge is -2.18. The maximum atomic E-state index is 12.3. The first-order chi connectivity index (χ1) is 6.86. The van der Waals surface area contributed by atoms with E-state index >= 15 is 0 Å². The first kappa shape index (κ1) is 11.8. The number of aliphatic hydroxyl groups excluding tert-OH is 1. The molecule has 0 heterocycles. The van der Waals surface area contributed by atoms with Gasteiger partial charge in [0.25, 0.3) is 0 Å². The third-order valence-corrected chi connectivity index (χ3v) is 2.03. The number of halogens is 3. The Labute approximate surface area is 84.5 Å². The van der Waals surface area contributed by atoms with Crippen LogP contribution in [0.4, 0.5) is 18.9 Å². The van der Waals surface area contributed by atoms with Gasteiger partial charge in [0.05, 0.1) is 6.61 Å². The quantitative estimate of drug-likeness (QED) is 0.658. The lowest BCUT2D eigenvalue weighted by molar-refractivity contribution is -0.149. The van der Waals surface area contributed by atoms with E-state index in [1.165, 1.54) is 18.2 Å². The van der Waals surface area contributed by atoms with Gasteiger partial charge in [-0.25, -0.2) is 0 Å². The maximum absolute atomic E-state index is 12.3. The zero-order valence-electron chi connectivity index (χ0n) is 7.75. The summed E-state index contributed by atoms with van der Waals surface area (Å²) in [5, 5.41) is 8.88. The Morgan fingerprint density at radius 3 is 2.40 bits per heavy atom. The van der Waals surface area contributed by atoms with Crippen LogP contribution in [0.3, 0.4) is 0 Å². The third-order valence-electron chi connectivity index (χ3n) is 2.03. The summed E-state index contributed by atoms with van der Waals surface area (Å²) in [4.78, 5) is 0. The van der Waals surface area contributed by atoms with Crippen LogP contribution in [0.15, 0.2) is 18.2 Å². The number of benzene rings is 1. The van der Waals surface area contributed by atoms with E-state index in [0.29, 0.717) is 0 Å². The fraction of sp³-hybridized carbons (Fsp3) is 0.333. The molecule has 6 heteroatoms. The molecule has 84 valence electrons. The van der Waals surface area contributed by atoms with Crippen LogP contribution in [0.5, 0.6) is 0 Å². The van der Waals surface area contributed by atoms with Crippen LogP contribution in [0.2, 0.25) is 0 Å². The number of rotatable bonds is 2. The van der Waals surface area contributed by atoms with Gasteiger partial charge in [0.2, 0.25) is 0 Å². The molecular weight excluding hydrogens is 209 g/mol. The van der Waals surface area contributed by atoms with E-state index in [9.17, 15) is 13.2 Å². The number of nitrogens with two attached hydrogens (primary N) is 2. The Kier molecular flexibility index (Phi) is 3.21. The topological polar surface area (TPSA) is 72.3 Å². The van der Waals surface area contributed by atoms with Crippen molar-refractivity contribution in [2.24, 2.45) is 5.73 Å². The lowest BCUT2D eigenvalue weighted by atomic mass is 10.0. The standard InChI is InChI=1S/C9H11F3N2O/c10-9(11,12)8(14)7-2-1-6(13)3-5(7)4-15/h1-3,8,15H,4,13-14H2/t8-/m0/s1. The maximum Gasteiger partial charge on any atom is 0.407 e. The van der Waals surface area contributed by atoms with Crippen molar-refractivity contribution in [1.29, 1.82) is 0 Å². The lowest BCUT2D eigenvalue weighted by Crippen LogP contribution is -2.29. The molecule has 0 aliphatic carbocycles. The van der Waals surface area contributed by atoms with E-state index in [1.54, 1.807) is 0 Å². The average Bonchev–Trinajstić information content (AvgIpc) is 2.15. The number of nitrogen functional groups attached to an aromatic ring is 1. The second kappa shape index (κ2) is 4.08. The summed E-state index contributed by atoms with van der Waals surface area (Å²) in [5.41, 5.74) is 10.6. The SMILES string of the molecule is Nc1ccc([C@H](N)C(F)(F)F)c(CO)c1. The fourth-order valence-corrected chi connectivity index (χ4v) is 1.24. The van der Waals surface area contributed by atoms with Gasteiger partial charge in [0.15, 0.2) is 0 Å². The van der Waals surface area contributed by atoms with Gasteiger partial charge in [-0.2, -0.15) is 13.2 Å². The zero-order chi connectivity index (χ0) is 11.6. The van der Waals surface area contributed by atoms with E-state index in [2.05, 4.69) is 0 Å². The molecular formula is C9H11F3N2O. The smallest absolute Gasteiger partial charge is 0.399 e. The van der Waals surface area contributed by atoms with Crippen LogP contribution in [0, 0.1) is 0 Å². The Bertz CT molecular complexity index is 352. The molecule has 0 spiro atoms. The van der Waals surface area contributed by atoms with Crippen LogP contribution in [-0.2, 0) is 6.61 Å². The molecule has 1 rings (SSSR count). The van der Waals surface area contributed by atoms with Crippen molar-refractivity contribution < 1.29 is 18.3 Å². The molecule has 0 aliphatic rings. The fourth-order valence-electron chi connectivity index (χ4n) is 1.24. The Hall–Kier alpha value is -1.27. The second-order valence-corrected chi connectivity index (χ2v) is 3.14. The predicted octanol–water partition coefficient (Wildman–Crippen LogP) is 1.32. The highest BCUT2D eigenvalue weighted by atomic mass is 19.4. The number of anilines is 1.